The van der Waals surface area contributed by atoms with Crippen molar-refractivity contribution in [1.82, 2.24) is 9.97 Å². The molecular weight excluding hydrogens is 452 g/mol. The van der Waals surface area contributed by atoms with Crippen molar-refractivity contribution in [2.24, 2.45) is 0 Å². The largest absolute Gasteiger partial charge is 0.316 e. The van der Waals surface area contributed by atoms with Crippen LogP contribution in [0, 0.1) is 0 Å². The van der Waals surface area contributed by atoms with Crippen LogP contribution in [-0.4, -0.2) is 9.97 Å². The fourth-order valence-corrected chi connectivity index (χ4v) is 4.53. The molecule has 0 bridgehead atoms. The summed E-state index contributed by atoms with van der Waals surface area (Å²) in [4.78, 5) is 31.2. The van der Waals surface area contributed by atoms with E-state index >= 15 is 0 Å². The Kier molecular flexibility index (Phi) is 4.62. The zero-order valence-electron chi connectivity index (χ0n) is 10.9. The summed E-state index contributed by atoms with van der Waals surface area (Å²) in [5.41, 5.74) is -0.656. The molecule has 112 valence electrons. The molecule has 0 spiro atoms. The summed E-state index contributed by atoms with van der Waals surface area (Å²) in [7, 11) is 0. The zero-order chi connectivity index (χ0) is 15.7. The number of hydrogen-bond acceptors (Lipinski definition) is 4. The van der Waals surface area contributed by atoms with Gasteiger partial charge in [0.05, 0.1) is 7.57 Å². The van der Waals surface area contributed by atoms with Gasteiger partial charge in [-0.25, -0.2) is 0 Å². The van der Waals surface area contributed by atoms with Gasteiger partial charge in [-0.05, 0) is 68.3 Å². The first-order valence-electron chi connectivity index (χ1n) is 6.08. The second-order valence-corrected chi connectivity index (χ2v) is 9.30. The summed E-state index contributed by atoms with van der Waals surface area (Å²) < 4.78 is 1.93. The monoisotopic (exact) mass is 458 g/mol. The minimum absolute atomic E-state index is 0.240. The van der Waals surface area contributed by atoms with Crippen LogP contribution >= 0.6 is 54.5 Å². The number of nitrogens with one attached hydrogen (secondary N) is 2. The molecule has 0 unspecified atom stereocenters. The molecule has 0 radical (unpaired) electrons. The molecule has 0 aliphatic rings. The van der Waals surface area contributed by atoms with Gasteiger partial charge < -0.3 is 9.97 Å². The highest BCUT2D eigenvalue weighted by atomic mass is 79.9. The molecule has 0 saturated heterocycles. The molecule has 2 N–H and O–H groups in total. The minimum atomic E-state index is -0.328. The molecule has 3 aromatic heterocycles. The van der Waals surface area contributed by atoms with Crippen LogP contribution in [0.15, 0.2) is 41.4 Å². The fraction of sp³-hybridized carbons (Fsp3) is 0. The highest BCUT2D eigenvalue weighted by molar-refractivity contribution is 9.11. The molecule has 0 saturated carbocycles. The van der Waals surface area contributed by atoms with Crippen LogP contribution in [0.1, 0.15) is 9.75 Å². The van der Waals surface area contributed by atoms with Crippen molar-refractivity contribution in [2.45, 2.75) is 0 Å². The maximum Gasteiger partial charge on any atom is 0.272 e. The van der Waals surface area contributed by atoms with Gasteiger partial charge in [-0.3, -0.25) is 9.59 Å². The molecule has 3 rings (SSSR count). The van der Waals surface area contributed by atoms with E-state index in [9.17, 15) is 9.59 Å². The van der Waals surface area contributed by atoms with Crippen molar-refractivity contribution in [3.63, 3.8) is 0 Å². The molecular formula is C14H8Br2N2O2S2. The first-order chi connectivity index (χ1) is 10.5. The van der Waals surface area contributed by atoms with Gasteiger partial charge in [0.25, 0.3) is 11.1 Å². The molecule has 0 fully saturated rings. The smallest absolute Gasteiger partial charge is 0.272 e. The van der Waals surface area contributed by atoms with E-state index in [2.05, 4.69) is 41.8 Å². The Morgan fingerprint density at radius 2 is 1.18 bits per heavy atom. The molecule has 0 aliphatic carbocycles. The van der Waals surface area contributed by atoms with Gasteiger partial charge in [-0.2, -0.15) is 0 Å². The molecule has 0 aliphatic heterocycles. The van der Waals surface area contributed by atoms with E-state index in [-0.39, 0.29) is 21.8 Å². The summed E-state index contributed by atoms with van der Waals surface area (Å²) in [6.07, 6.45) is 3.31. The lowest BCUT2D eigenvalue weighted by atomic mass is 10.4. The van der Waals surface area contributed by atoms with E-state index in [1.54, 1.807) is 12.2 Å². The van der Waals surface area contributed by atoms with Gasteiger partial charge in [-0.15, -0.1) is 22.7 Å². The molecule has 3 heterocycles. The van der Waals surface area contributed by atoms with Crippen molar-refractivity contribution in [2.75, 3.05) is 0 Å². The number of halogens is 2. The van der Waals surface area contributed by atoms with Crippen LogP contribution in [0.5, 0.6) is 0 Å². The third kappa shape index (κ3) is 3.57. The van der Waals surface area contributed by atoms with Gasteiger partial charge in [0, 0.05) is 9.75 Å². The maximum atomic E-state index is 12.1. The number of thiophene rings is 2. The highest BCUT2D eigenvalue weighted by Crippen LogP contribution is 2.22. The summed E-state index contributed by atoms with van der Waals surface area (Å²) in [6, 6.07) is 7.52. The Hall–Kier alpha value is -1.22. The third-order valence-corrected chi connectivity index (χ3v) is 5.89. The first kappa shape index (κ1) is 15.7. The molecule has 0 amide bonds. The molecule has 22 heavy (non-hydrogen) atoms. The summed E-state index contributed by atoms with van der Waals surface area (Å²) in [5, 5.41) is 0.479. The van der Waals surface area contributed by atoms with E-state index in [4.69, 9.17) is 0 Å². The van der Waals surface area contributed by atoms with Crippen LogP contribution in [-0.2, 0) is 0 Å². The van der Waals surface area contributed by atoms with E-state index in [1.165, 1.54) is 22.7 Å². The van der Waals surface area contributed by atoms with Crippen molar-refractivity contribution >= 4 is 66.7 Å². The standard InChI is InChI=1S/C14H8Br2N2O2S2/c15-11-3-1-7(21-11)5-9-13(19)18-10(14(20)17-9)6-8-2-4-12(16)22-8/h1-6H,(H,17,20)(H,18,19)/b9-5-,10-6+. The van der Waals surface area contributed by atoms with Gasteiger partial charge in [0.2, 0.25) is 0 Å². The Morgan fingerprint density at radius 3 is 1.50 bits per heavy atom. The van der Waals surface area contributed by atoms with Crippen molar-refractivity contribution in [3.05, 3.63) is 73.0 Å². The fourth-order valence-electron chi connectivity index (χ4n) is 1.79. The van der Waals surface area contributed by atoms with Crippen molar-refractivity contribution in [3.8, 4) is 0 Å². The Morgan fingerprint density at radius 1 is 0.773 bits per heavy atom. The number of aromatic amines is 2. The Bertz CT molecular complexity index is 973. The maximum absolute atomic E-state index is 12.1. The third-order valence-electron chi connectivity index (χ3n) is 2.75. The van der Waals surface area contributed by atoms with E-state index in [0.29, 0.717) is 0 Å². The molecule has 3 aromatic rings. The van der Waals surface area contributed by atoms with Gasteiger partial charge in [0.1, 0.15) is 10.7 Å². The second-order valence-electron chi connectivity index (χ2n) is 4.31. The lowest BCUT2D eigenvalue weighted by molar-refractivity contribution is 1.00. The topological polar surface area (TPSA) is 65.7 Å². The normalized spacial score (nSPS) is 13.0. The summed E-state index contributed by atoms with van der Waals surface area (Å²) >= 11 is 9.69. The lowest BCUT2D eigenvalue weighted by Crippen LogP contribution is -2.46. The SMILES string of the molecule is O=c1[nH]/c(=C/c2ccc(Br)s2)c(=O)[nH]/c1=C\c1ccc(Br)s1. The molecule has 4 nitrogen and oxygen atoms in total. The van der Waals surface area contributed by atoms with Gasteiger partial charge in [-0.1, -0.05) is 0 Å². The number of hydrogen-bond donors (Lipinski definition) is 2. The van der Waals surface area contributed by atoms with E-state index < -0.39 is 0 Å². The number of H-pyrrole nitrogens is 2. The number of rotatable bonds is 2. The summed E-state index contributed by atoms with van der Waals surface area (Å²) in [6.45, 7) is 0. The second kappa shape index (κ2) is 6.49. The van der Waals surface area contributed by atoms with Crippen LogP contribution in [0.25, 0.3) is 12.2 Å². The Labute approximate surface area is 149 Å². The number of aromatic nitrogens is 2. The van der Waals surface area contributed by atoms with Crippen molar-refractivity contribution < 1.29 is 0 Å². The zero-order valence-corrected chi connectivity index (χ0v) is 15.7. The van der Waals surface area contributed by atoms with Crippen LogP contribution in [0.3, 0.4) is 0 Å². The molecule has 0 aromatic carbocycles. The van der Waals surface area contributed by atoms with Gasteiger partial charge in [0.15, 0.2) is 0 Å². The lowest BCUT2D eigenvalue weighted by Gasteiger charge is -1.90. The summed E-state index contributed by atoms with van der Waals surface area (Å²) in [5.74, 6) is 0. The van der Waals surface area contributed by atoms with E-state index in [0.717, 1.165) is 17.3 Å². The molecule has 8 heteroatoms. The van der Waals surface area contributed by atoms with Crippen molar-refractivity contribution in [1.29, 1.82) is 0 Å². The quantitative estimate of drug-likeness (QED) is 0.617. The average molecular weight is 460 g/mol. The minimum Gasteiger partial charge on any atom is -0.316 e. The predicted octanol–water partition coefficient (Wildman–Crippen LogP) is 2.37. The highest BCUT2D eigenvalue weighted by Gasteiger charge is 2.00. The first-order valence-corrected chi connectivity index (χ1v) is 9.30. The van der Waals surface area contributed by atoms with Crippen LogP contribution in [0.2, 0.25) is 0 Å². The Balaban J connectivity index is 2.13. The average Bonchev–Trinajstić information content (AvgIpc) is 3.04. The van der Waals surface area contributed by atoms with Gasteiger partial charge >= 0.3 is 0 Å². The van der Waals surface area contributed by atoms with E-state index in [1.807, 2.05) is 24.3 Å². The van der Waals surface area contributed by atoms with Crippen LogP contribution in [0.4, 0.5) is 0 Å². The molecule has 0 atom stereocenters. The van der Waals surface area contributed by atoms with Crippen LogP contribution < -0.4 is 21.8 Å². The predicted molar refractivity (Wildman–Crippen MR) is 98.1 cm³/mol.